The first-order chi connectivity index (χ1) is 29.2. The molecule has 2 fully saturated rings. The number of ether oxygens (including phenoxy) is 1. The van der Waals surface area contributed by atoms with Gasteiger partial charge in [0.25, 0.3) is 11.8 Å². The summed E-state index contributed by atoms with van der Waals surface area (Å²) >= 11 is 0. The van der Waals surface area contributed by atoms with Gasteiger partial charge in [-0.05, 0) is 67.2 Å². The van der Waals surface area contributed by atoms with Gasteiger partial charge in [-0.1, -0.05) is 6.08 Å². The van der Waals surface area contributed by atoms with Crippen molar-refractivity contribution in [3.05, 3.63) is 82.6 Å². The highest BCUT2D eigenvalue weighted by Gasteiger charge is 2.46. The largest absolute Gasteiger partial charge is 0.496 e. The Kier molecular flexibility index (Phi) is 12.1. The molecule has 1 aromatic heterocycles. The fraction of sp³-hybridized carbons (Fsp3) is 0.386. The molecule has 3 aliphatic rings. The van der Waals surface area contributed by atoms with Crippen LogP contribution in [0.3, 0.4) is 0 Å². The molecule has 322 valence electrons. The lowest BCUT2D eigenvalue weighted by Crippen LogP contribution is -2.60. The van der Waals surface area contributed by atoms with E-state index in [4.69, 9.17) is 4.74 Å². The third-order valence-corrected chi connectivity index (χ3v) is 12.0. The van der Waals surface area contributed by atoms with Gasteiger partial charge in [0.15, 0.2) is 17.5 Å². The van der Waals surface area contributed by atoms with Crippen molar-refractivity contribution in [2.24, 2.45) is 5.41 Å². The molecule has 1 unspecified atom stereocenters. The number of nitrogens with zero attached hydrogens (tertiary/aromatic N) is 4. The Morgan fingerprint density at radius 2 is 1.66 bits per heavy atom. The number of carbonyl (C=O) groups is 5. The summed E-state index contributed by atoms with van der Waals surface area (Å²) < 4.78 is 69.9. The topological polar surface area (TPSA) is 147 Å². The number of amides is 4. The number of aldehydes is 1. The molecular weight excluding hydrogens is 799 g/mol. The van der Waals surface area contributed by atoms with Crippen LogP contribution in [0.15, 0.2) is 42.5 Å². The lowest BCUT2D eigenvalue weighted by molar-refractivity contribution is -0.122. The summed E-state index contributed by atoms with van der Waals surface area (Å²) in [6.07, 6.45) is 4.92. The molecule has 2 saturated heterocycles. The zero-order valence-electron chi connectivity index (χ0n) is 34.3. The predicted octanol–water partition coefficient (Wildman–Crippen LogP) is 5.28. The molecule has 3 N–H and O–H groups in total. The molecule has 4 amide bonds. The summed E-state index contributed by atoms with van der Waals surface area (Å²) in [6.45, 7) is 2.33. The van der Waals surface area contributed by atoms with E-state index in [0.717, 1.165) is 6.07 Å². The number of carbonyl (C=O) groups excluding carboxylic acids is 5. The number of methoxy groups -OCH3 is 1. The highest BCUT2D eigenvalue weighted by molar-refractivity contribution is 6.05. The van der Waals surface area contributed by atoms with Crippen LogP contribution in [0, 0.1) is 28.7 Å². The van der Waals surface area contributed by atoms with E-state index in [2.05, 4.69) is 15.6 Å². The van der Waals surface area contributed by atoms with E-state index in [1.807, 2.05) is 11.0 Å². The quantitative estimate of drug-likeness (QED) is 0.122. The Morgan fingerprint density at radius 3 is 2.31 bits per heavy atom. The first-order valence-corrected chi connectivity index (χ1v) is 20.0. The maximum atomic E-state index is 16.4. The normalized spacial score (nSPS) is 16.5. The lowest BCUT2D eigenvalue weighted by atomic mass is 9.71. The molecule has 0 saturated carbocycles. The number of likely N-dealkylation sites (N-methyl/N-ethyl adjacent to an activating group) is 1. The molecule has 13 nitrogen and oxygen atoms in total. The van der Waals surface area contributed by atoms with Gasteiger partial charge in [0, 0.05) is 94.8 Å². The molecule has 61 heavy (non-hydrogen) atoms. The molecule has 0 bridgehead atoms. The maximum absolute atomic E-state index is 16.4. The molecular formula is C44H47F4N7O6. The van der Waals surface area contributed by atoms with Gasteiger partial charge in [0.05, 0.1) is 29.6 Å². The Balaban J connectivity index is 1.08. The number of anilines is 2. The van der Waals surface area contributed by atoms with Crippen LogP contribution in [0.4, 0.5) is 28.9 Å². The van der Waals surface area contributed by atoms with E-state index in [-0.39, 0.29) is 80.8 Å². The van der Waals surface area contributed by atoms with Gasteiger partial charge in [-0.25, -0.2) is 17.6 Å². The van der Waals surface area contributed by atoms with Crippen LogP contribution in [0.1, 0.15) is 58.5 Å². The summed E-state index contributed by atoms with van der Waals surface area (Å²) in [7, 11) is 5.84. The van der Waals surface area contributed by atoms with Crippen molar-refractivity contribution in [3.63, 3.8) is 0 Å². The fourth-order valence-electron chi connectivity index (χ4n) is 8.63. The van der Waals surface area contributed by atoms with E-state index in [9.17, 15) is 24.0 Å². The maximum Gasteiger partial charge on any atom is 0.269 e. The molecule has 4 aromatic rings. The fourth-order valence-corrected chi connectivity index (χ4v) is 8.63. The second-order valence-corrected chi connectivity index (χ2v) is 16.0. The van der Waals surface area contributed by atoms with Crippen molar-refractivity contribution in [3.8, 4) is 16.9 Å². The Morgan fingerprint density at radius 1 is 0.918 bits per heavy atom. The van der Waals surface area contributed by atoms with Crippen LogP contribution in [0.25, 0.3) is 27.6 Å². The Bertz CT molecular complexity index is 2440. The zero-order chi connectivity index (χ0) is 43.7. The number of H-pyrrole nitrogens is 1. The third kappa shape index (κ3) is 8.12. The van der Waals surface area contributed by atoms with E-state index < -0.39 is 47.0 Å². The number of benzene rings is 3. The number of fused-ring (bicyclic) bond motifs is 1. The Hall–Kier alpha value is -6.39. The monoisotopic (exact) mass is 845 g/mol. The van der Waals surface area contributed by atoms with Crippen molar-refractivity contribution in [2.45, 2.75) is 38.1 Å². The summed E-state index contributed by atoms with van der Waals surface area (Å²) in [4.78, 5) is 70.1. The number of hydrogen-bond acceptors (Lipinski definition) is 8. The summed E-state index contributed by atoms with van der Waals surface area (Å²) in [5.41, 5.74) is 0.667. The molecule has 1 spiro atoms. The summed E-state index contributed by atoms with van der Waals surface area (Å²) in [5.74, 6) is -5.11. The predicted molar refractivity (Wildman–Crippen MR) is 222 cm³/mol. The standard InChI is InChI=1S/C44H47F4N7O6/c1-49-42(59)32(8-6-16-56)51-41(58)30-18-31(45)35(20-36(30)61-4)55-22-44(23-55)11-14-54(15-12-44)34-10-9-26(37(46)39(34)48)28-17-27(25-7-5-13-53(21-25)24-57)38(47)40-29(28)19-33(50-40)43(60)52(2)3/h7,9-10,16-20,24,32,50H,5-6,8,11-15,21-23H2,1-4H3,(H,49,59)(H,51,58). The molecule has 3 aliphatic heterocycles. The van der Waals surface area contributed by atoms with Crippen LogP contribution in [-0.4, -0.2) is 119 Å². The molecule has 1 atom stereocenters. The highest BCUT2D eigenvalue weighted by atomic mass is 19.2. The van der Waals surface area contributed by atoms with Gasteiger partial charge in [-0.3, -0.25) is 19.2 Å². The van der Waals surface area contributed by atoms with Gasteiger partial charge in [-0.2, -0.15) is 0 Å². The van der Waals surface area contributed by atoms with Gasteiger partial charge in [0.2, 0.25) is 12.3 Å². The Labute approximate surface area is 349 Å². The second kappa shape index (κ2) is 17.3. The van der Waals surface area contributed by atoms with Gasteiger partial charge >= 0.3 is 0 Å². The van der Waals surface area contributed by atoms with Crippen molar-refractivity contribution >= 4 is 58.3 Å². The zero-order valence-corrected chi connectivity index (χ0v) is 34.3. The minimum Gasteiger partial charge on any atom is -0.496 e. The summed E-state index contributed by atoms with van der Waals surface area (Å²) in [6, 6.07) is 7.32. The first kappa shape index (κ1) is 42.7. The molecule has 7 rings (SSSR count). The number of nitrogens with one attached hydrogen (secondary N) is 3. The van der Waals surface area contributed by atoms with E-state index in [0.29, 0.717) is 70.3 Å². The van der Waals surface area contributed by atoms with E-state index in [1.54, 1.807) is 19.0 Å². The first-order valence-electron chi connectivity index (χ1n) is 20.0. The van der Waals surface area contributed by atoms with Crippen molar-refractivity contribution < 1.29 is 46.3 Å². The molecule has 17 heteroatoms. The minimum atomic E-state index is -1.13. The second-order valence-electron chi connectivity index (χ2n) is 16.0. The van der Waals surface area contributed by atoms with E-state index >= 15 is 17.6 Å². The van der Waals surface area contributed by atoms with Crippen molar-refractivity contribution in [1.29, 1.82) is 0 Å². The average molecular weight is 846 g/mol. The molecule has 0 aliphatic carbocycles. The minimum absolute atomic E-state index is 0.0397. The lowest BCUT2D eigenvalue weighted by Gasteiger charge is -2.55. The number of hydrogen-bond donors (Lipinski definition) is 3. The van der Waals surface area contributed by atoms with Crippen molar-refractivity contribution in [1.82, 2.24) is 25.4 Å². The SMILES string of the molecule is CNC(=O)C(CCC=O)NC(=O)c1cc(F)c(N2CC3(CCN(c4ccc(-c5cc(C6=CCCN(C=O)C6)c(F)c6[nH]c(C(=O)N(C)C)cc56)c(F)c4F)CC3)C2)cc1OC. The molecule has 4 heterocycles. The van der Waals surface area contributed by atoms with Crippen LogP contribution < -0.4 is 25.2 Å². The van der Waals surface area contributed by atoms with Crippen LogP contribution in [0.5, 0.6) is 5.75 Å². The van der Waals surface area contributed by atoms with Crippen molar-refractivity contribution in [2.75, 3.05) is 77.3 Å². The number of rotatable bonds is 13. The number of piperidine rings is 1. The third-order valence-electron chi connectivity index (χ3n) is 12.0. The number of aromatic nitrogens is 1. The van der Waals surface area contributed by atoms with Crippen LogP contribution in [0.2, 0.25) is 0 Å². The molecule has 0 radical (unpaired) electrons. The van der Waals surface area contributed by atoms with Gasteiger partial charge in [-0.15, -0.1) is 0 Å². The van der Waals surface area contributed by atoms with Crippen LogP contribution in [-0.2, 0) is 14.4 Å². The molecule has 3 aromatic carbocycles. The summed E-state index contributed by atoms with van der Waals surface area (Å²) in [5, 5.41) is 5.19. The number of halogens is 4. The van der Waals surface area contributed by atoms with Gasteiger partial charge in [0.1, 0.15) is 29.6 Å². The van der Waals surface area contributed by atoms with Gasteiger partial charge < -0.3 is 44.7 Å². The van der Waals surface area contributed by atoms with Crippen LogP contribution >= 0.6 is 0 Å². The number of aromatic amines is 1. The smallest absolute Gasteiger partial charge is 0.269 e. The highest BCUT2D eigenvalue weighted by Crippen LogP contribution is 2.46. The van der Waals surface area contributed by atoms with E-state index in [1.165, 1.54) is 54.3 Å². The average Bonchev–Trinajstić information content (AvgIpc) is 3.71.